The van der Waals surface area contributed by atoms with Crippen molar-refractivity contribution >= 4 is 17.7 Å². The van der Waals surface area contributed by atoms with Gasteiger partial charge in [0.25, 0.3) is 5.91 Å². The standard InChI is InChI=1S/C25H19N5O3/c31-24-20-12-16(15-3-1-4-17(11-15)25(32)33)7-8-18(20)13-29(24)22-6-2-5-21(27-22)23-28-26-14-30(23)19-9-10-19/h1-8,11-12,14,19H,9-10,13H2,(H,32,33). The maximum Gasteiger partial charge on any atom is 0.335 e. The molecular formula is C25H19N5O3. The van der Waals surface area contributed by atoms with Gasteiger partial charge >= 0.3 is 5.97 Å². The highest BCUT2D eigenvalue weighted by molar-refractivity contribution is 6.10. The van der Waals surface area contributed by atoms with Gasteiger partial charge in [-0.05, 0) is 59.9 Å². The molecule has 3 heterocycles. The molecule has 1 saturated carbocycles. The first-order valence-electron chi connectivity index (χ1n) is 10.7. The molecule has 0 radical (unpaired) electrons. The van der Waals surface area contributed by atoms with E-state index in [2.05, 4.69) is 10.2 Å². The van der Waals surface area contributed by atoms with Crippen LogP contribution in [0.4, 0.5) is 5.82 Å². The van der Waals surface area contributed by atoms with Crippen LogP contribution in [0.2, 0.25) is 0 Å². The van der Waals surface area contributed by atoms with Crippen molar-refractivity contribution in [2.45, 2.75) is 25.4 Å². The van der Waals surface area contributed by atoms with Crippen LogP contribution in [0.25, 0.3) is 22.6 Å². The SMILES string of the molecule is O=C(O)c1cccc(-c2ccc3c(c2)C(=O)N(c2cccc(-c4nncn4C4CC4)n2)C3)c1. The van der Waals surface area contributed by atoms with Crippen molar-refractivity contribution in [3.05, 3.63) is 83.7 Å². The first-order chi connectivity index (χ1) is 16.1. The number of carboxylic acids is 1. The molecule has 8 heteroatoms. The Morgan fingerprint density at radius 2 is 1.82 bits per heavy atom. The highest BCUT2D eigenvalue weighted by atomic mass is 16.4. The second kappa shape index (κ2) is 7.37. The number of hydrogen-bond donors (Lipinski definition) is 1. The number of carbonyl (C=O) groups excluding carboxylic acids is 1. The Labute approximate surface area is 189 Å². The van der Waals surface area contributed by atoms with Crippen molar-refractivity contribution < 1.29 is 14.7 Å². The lowest BCUT2D eigenvalue weighted by molar-refractivity contribution is 0.0696. The zero-order chi connectivity index (χ0) is 22.5. The Bertz CT molecular complexity index is 1420. The van der Waals surface area contributed by atoms with Gasteiger partial charge in [0.1, 0.15) is 17.8 Å². The molecule has 1 N–H and O–H groups in total. The number of nitrogens with zero attached hydrogens (tertiary/aromatic N) is 5. The number of hydrogen-bond acceptors (Lipinski definition) is 5. The molecule has 2 aromatic carbocycles. The highest BCUT2D eigenvalue weighted by Gasteiger charge is 2.31. The van der Waals surface area contributed by atoms with Crippen molar-refractivity contribution in [2.75, 3.05) is 4.90 Å². The van der Waals surface area contributed by atoms with E-state index >= 15 is 0 Å². The van der Waals surface area contributed by atoms with Gasteiger partial charge in [-0.3, -0.25) is 9.69 Å². The summed E-state index contributed by atoms with van der Waals surface area (Å²) >= 11 is 0. The lowest BCUT2D eigenvalue weighted by Gasteiger charge is -2.15. The average molecular weight is 437 g/mol. The predicted octanol–water partition coefficient (Wildman–Crippen LogP) is 4.20. The van der Waals surface area contributed by atoms with Gasteiger partial charge in [-0.15, -0.1) is 10.2 Å². The van der Waals surface area contributed by atoms with E-state index < -0.39 is 5.97 Å². The molecule has 0 spiro atoms. The normalized spacial score (nSPS) is 15.0. The Balaban J connectivity index is 1.32. The number of fused-ring (bicyclic) bond motifs is 1. The van der Waals surface area contributed by atoms with Crippen LogP contribution in [0.15, 0.2) is 67.0 Å². The van der Waals surface area contributed by atoms with Gasteiger partial charge in [0.2, 0.25) is 0 Å². The largest absolute Gasteiger partial charge is 0.478 e. The maximum absolute atomic E-state index is 13.3. The van der Waals surface area contributed by atoms with Crippen LogP contribution in [0.3, 0.4) is 0 Å². The van der Waals surface area contributed by atoms with E-state index in [1.807, 2.05) is 47.0 Å². The predicted molar refractivity (Wildman–Crippen MR) is 121 cm³/mol. The molecule has 162 valence electrons. The molecule has 2 aliphatic rings. The Hall–Kier alpha value is -4.33. The topological polar surface area (TPSA) is 101 Å². The summed E-state index contributed by atoms with van der Waals surface area (Å²) in [5, 5.41) is 17.6. The summed E-state index contributed by atoms with van der Waals surface area (Å²) in [5.74, 6) is 0.163. The molecule has 0 bridgehead atoms. The molecular weight excluding hydrogens is 418 g/mol. The Kier molecular flexibility index (Phi) is 4.33. The van der Waals surface area contributed by atoms with Crippen LogP contribution in [0.5, 0.6) is 0 Å². The Morgan fingerprint density at radius 3 is 2.64 bits per heavy atom. The maximum atomic E-state index is 13.3. The summed E-state index contributed by atoms with van der Waals surface area (Å²) in [5.41, 5.74) is 3.95. The van der Waals surface area contributed by atoms with Crippen molar-refractivity contribution in [3.63, 3.8) is 0 Å². The van der Waals surface area contributed by atoms with Crippen LogP contribution < -0.4 is 4.90 Å². The molecule has 8 nitrogen and oxygen atoms in total. The van der Waals surface area contributed by atoms with Gasteiger partial charge in [-0.25, -0.2) is 9.78 Å². The fraction of sp³-hybridized carbons (Fsp3) is 0.160. The van der Waals surface area contributed by atoms with Crippen LogP contribution in [0, 0.1) is 0 Å². The monoisotopic (exact) mass is 437 g/mol. The Morgan fingerprint density at radius 1 is 1.00 bits per heavy atom. The second-order valence-corrected chi connectivity index (χ2v) is 8.32. The van der Waals surface area contributed by atoms with Crippen LogP contribution in [0.1, 0.15) is 45.2 Å². The number of aromatic nitrogens is 4. The molecule has 1 aliphatic carbocycles. The summed E-state index contributed by atoms with van der Waals surface area (Å²) < 4.78 is 2.05. The van der Waals surface area contributed by atoms with Gasteiger partial charge in [0.05, 0.1) is 12.1 Å². The molecule has 33 heavy (non-hydrogen) atoms. The molecule has 1 amide bonds. The van der Waals surface area contributed by atoms with E-state index in [9.17, 15) is 14.7 Å². The molecule has 6 rings (SSSR count). The molecule has 0 atom stereocenters. The van der Waals surface area contributed by atoms with E-state index in [1.54, 1.807) is 29.4 Å². The number of carbonyl (C=O) groups is 2. The average Bonchev–Trinajstić information content (AvgIpc) is 3.47. The number of amides is 1. The minimum absolute atomic E-state index is 0.130. The van der Waals surface area contributed by atoms with Crippen molar-refractivity contribution in [1.82, 2.24) is 19.7 Å². The minimum atomic E-state index is -0.983. The molecule has 1 aliphatic heterocycles. The smallest absolute Gasteiger partial charge is 0.335 e. The summed E-state index contributed by atoms with van der Waals surface area (Å²) in [6.07, 6.45) is 3.96. The molecule has 0 saturated heterocycles. The van der Waals surface area contributed by atoms with E-state index in [0.29, 0.717) is 35.5 Å². The summed E-state index contributed by atoms with van der Waals surface area (Å²) in [6, 6.07) is 18.4. The van der Waals surface area contributed by atoms with Gasteiger partial charge < -0.3 is 9.67 Å². The van der Waals surface area contributed by atoms with Crippen LogP contribution >= 0.6 is 0 Å². The van der Waals surface area contributed by atoms with Crippen molar-refractivity contribution in [2.24, 2.45) is 0 Å². The molecule has 4 aromatic rings. The van der Waals surface area contributed by atoms with Crippen LogP contribution in [-0.2, 0) is 6.54 Å². The quantitative estimate of drug-likeness (QED) is 0.502. The molecule has 1 fully saturated rings. The highest BCUT2D eigenvalue weighted by Crippen LogP contribution is 2.38. The molecule has 2 aromatic heterocycles. The van der Waals surface area contributed by atoms with E-state index in [0.717, 1.165) is 29.5 Å². The van der Waals surface area contributed by atoms with Gasteiger partial charge in [0, 0.05) is 11.6 Å². The third kappa shape index (κ3) is 3.36. The number of benzene rings is 2. The van der Waals surface area contributed by atoms with Crippen molar-refractivity contribution in [1.29, 1.82) is 0 Å². The zero-order valence-electron chi connectivity index (χ0n) is 17.5. The first kappa shape index (κ1) is 19.4. The third-order valence-electron chi connectivity index (χ3n) is 6.11. The van der Waals surface area contributed by atoms with Crippen LogP contribution in [-0.4, -0.2) is 36.7 Å². The van der Waals surface area contributed by atoms with Gasteiger partial charge in [-0.2, -0.15) is 0 Å². The van der Waals surface area contributed by atoms with Gasteiger partial charge in [-0.1, -0.05) is 30.3 Å². The van der Waals surface area contributed by atoms with Crippen molar-refractivity contribution in [3.8, 4) is 22.6 Å². The van der Waals surface area contributed by atoms with E-state index in [-0.39, 0.29) is 11.5 Å². The van der Waals surface area contributed by atoms with E-state index in [4.69, 9.17) is 4.98 Å². The lowest BCUT2D eigenvalue weighted by Crippen LogP contribution is -2.24. The number of carboxylic acid groups (broad SMARTS) is 1. The summed E-state index contributed by atoms with van der Waals surface area (Å²) in [7, 11) is 0. The zero-order valence-corrected chi connectivity index (χ0v) is 17.5. The number of pyridine rings is 1. The fourth-order valence-corrected chi connectivity index (χ4v) is 4.24. The number of aromatic carboxylic acids is 1. The summed E-state index contributed by atoms with van der Waals surface area (Å²) in [6.45, 7) is 0.426. The lowest BCUT2D eigenvalue weighted by atomic mass is 9.99. The number of rotatable bonds is 5. The van der Waals surface area contributed by atoms with E-state index in [1.165, 1.54) is 0 Å². The first-order valence-corrected chi connectivity index (χ1v) is 10.7. The summed E-state index contributed by atoms with van der Waals surface area (Å²) in [4.78, 5) is 31.0. The third-order valence-corrected chi connectivity index (χ3v) is 6.11. The number of anilines is 1. The molecule has 0 unspecified atom stereocenters. The fourth-order valence-electron chi connectivity index (χ4n) is 4.24. The van der Waals surface area contributed by atoms with Gasteiger partial charge in [0.15, 0.2) is 5.82 Å². The minimum Gasteiger partial charge on any atom is -0.478 e. The second-order valence-electron chi connectivity index (χ2n) is 8.32.